The third-order valence-electron chi connectivity index (χ3n) is 3.12. The molecule has 0 aliphatic heterocycles. The first-order valence-corrected chi connectivity index (χ1v) is 6.69. The van der Waals surface area contributed by atoms with Gasteiger partial charge in [-0.2, -0.15) is 0 Å². The van der Waals surface area contributed by atoms with E-state index in [0.29, 0.717) is 21.5 Å². The van der Waals surface area contributed by atoms with E-state index in [4.69, 9.17) is 34.8 Å². The number of hydrogen-bond donors (Lipinski definition) is 1. The monoisotopic (exact) mass is 291 g/mol. The summed E-state index contributed by atoms with van der Waals surface area (Å²) in [5.74, 6) is 0.247. The number of carbonyl (C=O) groups is 1. The normalized spacial score (nSPS) is 17.4. The Balaban J connectivity index is 2.14. The fourth-order valence-electron chi connectivity index (χ4n) is 1.88. The molecule has 0 spiro atoms. The van der Waals surface area contributed by atoms with Gasteiger partial charge in [-0.05, 0) is 37.5 Å². The maximum absolute atomic E-state index is 12.0. The summed E-state index contributed by atoms with van der Waals surface area (Å²) in [4.78, 5) is 12.0. The van der Waals surface area contributed by atoms with Crippen molar-refractivity contribution in [3.63, 3.8) is 0 Å². The van der Waals surface area contributed by atoms with Gasteiger partial charge in [-0.25, -0.2) is 0 Å². The molecule has 0 radical (unpaired) electrons. The minimum atomic E-state index is -0.248. The van der Waals surface area contributed by atoms with Gasteiger partial charge in [-0.3, -0.25) is 4.79 Å². The Hall–Kier alpha value is -0.440. The minimum absolute atomic E-state index is 0.188. The van der Waals surface area contributed by atoms with Gasteiger partial charge in [0.2, 0.25) is 0 Å². The van der Waals surface area contributed by atoms with E-state index in [0.717, 1.165) is 19.3 Å². The Kier molecular flexibility index (Phi) is 3.86. The highest BCUT2D eigenvalue weighted by Gasteiger charge is 2.37. The van der Waals surface area contributed by atoms with Crippen LogP contribution in [0.4, 0.5) is 0 Å². The van der Waals surface area contributed by atoms with Gasteiger partial charge < -0.3 is 5.32 Å². The Bertz CT molecular complexity index is 438. The molecule has 17 heavy (non-hydrogen) atoms. The predicted octanol–water partition coefficient (Wildman–Crippen LogP) is 3.88. The van der Waals surface area contributed by atoms with Crippen molar-refractivity contribution in [2.24, 2.45) is 0 Å². The molecule has 0 unspecified atom stereocenters. The van der Waals surface area contributed by atoms with Crippen LogP contribution in [0.2, 0.25) is 10.0 Å². The summed E-state index contributed by atoms with van der Waals surface area (Å²) in [6.45, 7) is 0. The maximum Gasteiger partial charge on any atom is 0.253 e. The molecule has 0 atom stereocenters. The molecule has 0 saturated heterocycles. The van der Waals surface area contributed by atoms with Crippen molar-refractivity contribution in [1.82, 2.24) is 5.32 Å². The van der Waals surface area contributed by atoms with Gasteiger partial charge in [0.05, 0.1) is 16.1 Å². The lowest BCUT2D eigenvalue weighted by Crippen LogP contribution is -2.55. The van der Waals surface area contributed by atoms with Crippen molar-refractivity contribution in [2.45, 2.75) is 24.8 Å². The van der Waals surface area contributed by atoms with Crippen LogP contribution in [-0.2, 0) is 0 Å². The molecule has 1 aromatic carbocycles. The average Bonchev–Trinajstić information content (AvgIpc) is 2.23. The number of hydrogen-bond acceptors (Lipinski definition) is 1. The van der Waals surface area contributed by atoms with E-state index in [1.807, 2.05) is 0 Å². The molecule has 5 heteroatoms. The van der Waals surface area contributed by atoms with Crippen molar-refractivity contribution < 1.29 is 4.79 Å². The Morgan fingerprint density at radius 1 is 1.35 bits per heavy atom. The summed E-state index contributed by atoms with van der Waals surface area (Å²) in [6.07, 6.45) is 2.95. The number of alkyl halides is 1. The fourth-order valence-corrected chi connectivity index (χ4v) is 2.71. The van der Waals surface area contributed by atoms with E-state index < -0.39 is 0 Å². The third-order valence-corrected chi connectivity index (χ3v) is 4.18. The molecule has 0 bridgehead atoms. The lowest BCUT2D eigenvalue weighted by molar-refractivity contribution is 0.0854. The second kappa shape index (κ2) is 5.05. The van der Waals surface area contributed by atoms with Crippen molar-refractivity contribution in [1.29, 1.82) is 0 Å². The van der Waals surface area contributed by atoms with Crippen LogP contribution in [0.3, 0.4) is 0 Å². The van der Waals surface area contributed by atoms with Gasteiger partial charge >= 0.3 is 0 Å². The van der Waals surface area contributed by atoms with Crippen LogP contribution in [0, 0.1) is 0 Å². The molecule has 1 fully saturated rings. The molecule has 0 aromatic heterocycles. The Labute approximate surface area is 115 Å². The topological polar surface area (TPSA) is 29.1 Å². The first-order chi connectivity index (χ1) is 8.06. The van der Waals surface area contributed by atoms with Gasteiger partial charge in [0.15, 0.2) is 0 Å². The molecule has 92 valence electrons. The Morgan fingerprint density at radius 3 is 2.53 bits per heavy atom. The fraction of sp³-hybridized carbons (Fsp3) is 0.417. The maximum atomic E-state index is 12.0. The molecule has 1 aliphatic rings. The van der Waals surface area contributed by atoms with Gasteiger partial charge in [0, 0.05) is 10.9 Å². The van der Waals surface area contributed by atoms with Crippen LogP contribution in [0.15, 0.2) is 18.2 Å². The molecule has 1 aromatic rings. The molecule has 1 N–H and O–H groups in total. The largest absolute Gasteiger partial charge is 0.345 e. The van der Waals surface area contributed by atoms with E-state index in [1.165, 1.54) is 0 Å². The second-order valence-electron chi connectivity index (χ2n) is 4.35. The molecule has 2 nitrogen and oxygen atoms in total. The summed E-state index contributed by atoms with van der Waals surface area (Å²) < 4.78 is 0. The van der Waals surface area contributed by atoms with E-state index in [2.05, 4.69) is 5.32 Å². The summed E-state index contributed by atoms with van der Waals surface area (Å²) in [5, 5.41) is 3.83. The molecule has 2 rings (SSSR count). The van der Waals surface area contributed by atoms with Gasteiger partial charge in [0.1, 0.15) is 0 Å². The number of halogens is 3. The van der Waals surface area contributed by atoms with Crippen LogP contribution >= 0.6 is 34.8 Å². The number of rotatable bonds is 3. The number of carbonyl (C=O) groups excluding carboxylic acids is 1. The van der Waals surface area contributed by atoms with Gasteiger partial charge in [-0.1, -0.05) is 23.2 Å². The Morgan fingerprint density at radius 2 is 2.06 bits per heavy atom. The van der Waals surface area contributed by atoms with E-state index in [1.54, 1.807) is 18.2 Å². The van der Waals surface area contributed by atoms with Crippen LogP contribution in [0.1, 0.15) is 29.6 Å². The van der Waals surface area contributed by atoms with Gasteiger partial charge in [-0.15, -0.1) is 11.6 Å². The number of amides is 1. The highest BCUT2D eigenvalue weighted by molar-refractivity contribution is 6.36. The van der Waals surface area contributed by atoms with Crippen LogP contribution in [0.25, 0.3) is 0 Å². The quantitative estimate of drug-likeness (QED) is 0.842. The zero-order chi connectivity index (χ0) is 12.5. The standard InChI is InChI=1S/C12H12Cl3NO/c13-7-12(4-1-5-12)16-11(17)9-3-2-8(14)6-10(9)15/h2-3,6H,1,4-5,7H2,(H,16,17). The smallest absolute Gasteiger partial charge is 0.253 e. The number of benzene rings is 1. The zero-order valence-corrected chi connectivity index (χ0v) is 11.4. The summed E-state index contributed by atoms with van der Waals surface area (Å²) in [6, 6.07) is 4.84. The molecule has 1 amide bonds. The molecular formula is C12H12Cl3NO. The SMILES string of the molecule is O=C(NC1(CCl)CCC1)c1ccc(Cl)cc1Cl. The summed E-state index contributed by atoms with van der Waals surface area (Å²) in [7, 11) is 0. The zero-order valence-electron chi connectivity index (χ0n) is 9.10. The average molecular weight is 293 g/mol. The summed E-state index contributed by atoms with van der Waals surface area (Å²) >= 11 is 17.7. The van der Waals surface area contributed by atoms with E-state index in [-0.39, 0.29) is 11.4 Å². The first kappa shape index (κ1) is 13.0. The van der Waals surface area contributed by atoms with Crippen molar-refractivity contribution in [2.75, 3.05) is 5.88 Å². The second-order valence-corrected chi connectivity index (χ2v) is 5.46. The highest BCUT2D eigenvalue weighted by atomic mass is 35.5. The van der Waals surface area contributed by atoms with Crippen molar-refractivity contribution in [3.8, 4) is 0 Å². The minimum Gasteiger partial charge on any atom is -0.345 e. The molecule has 0 heterocycles. The van der Waals surface area contributed by atoms with Crippen LogP contribution in [0.5, 0.6) is 0 Å². The summed E-state index contributed by atoms with van der Waals surface area (Å²) in [5.41, 5.74) is 0.189. The van der Waals surface area contributed by atoms with Crippen molar-refractivity contribution >= 4 is 40.7 Å². The third kappa shape index (κ3) is 2.70. The van der Waals surface area contributed by atoms with Crippen molar-refractivity contribution in [3.05, 3.63) is 33.8 Å². The highest BCUT2D eigenvalue weighted by Crippen LogP contribution is 2.33. The first-order valence-electron chi connectivity index (χ1n) is 5.40. The molecule has 1 saturated carbocycles. The predicted molar refractivity (Wildman–Crippen MR) is 71.2 cm³/mol. The van der Waals surface area contributed by atoms with Gasteiger partial charge in [0.25, 0.3) is 5.91 Å². The van der Waals surface area contributed by atoms with Crippen LogP contribution < -0.4 is 5.32 Å². The molecular weight excluding hydrogens is 280 g/mol. The van der Waals surface area contributed by atoms with E-state index >= 15 is 0 Å². The number of nitrogens with one attached hydrogen (secondary N) is 1. The lowest BCUT2D eigenvalue weighted by atomic mass is 9.78. The van der Waals surface area contributed by atoms with Crippen LogP contribution in [-0.4, -0.2) is 17.3 Å². The lowest BCUT2D eigenvalue weighted by Gasteiger charge is -2.41. The molecule has 1 aliphatic carbocycles. The van der Waals surface area contributed by atoms with E-state index in [9.17, 15) is 4.79 Å².